The van der Waals surface area contributed by atoms with Crippen LogP contribution in [-0.4, -0.2) is 95.9 Å². The molecule has 2 aromatic carbocycles. The van der Waals surface area contributed by atoms with Crippen molar-refractivity contribution in [2.75, 3.05) is 47.1 Å². The zero-order chi connectivity index (χ0) is 55.7. The van der Waals surface area contributed by atoms with Crippen LogP contribution in [0.15, 0.2) is 78.2 Å². The minimum absolute atomic E-state index is 0.00356. The van der Waals surface area contributed by atoms with Crippen molar-refractivity contribution < 1.29 is 43.5 Å². The molecule has 4 aliphatic rings. The van der Waals surface area contributed by atoms with Crippen LogP contribution in [0.3, 0.4) is 0 Å². The molecule has 1 heterocycles. The highest BCUT2D eigenvalue weighted by Gasteiger charge is 2.59. The minimum Gasteiger partial charge on any atom is -0.508 e. The SMILES string of the molecule is COc1cc(/C=C/C(=O)/C=C(O)/C=C/c2ccc(OCc3cn(CCCCNC(=O)COCC(=O)NCCCCN[C@H]4CC[C@@]5(C)C(=CC[C@H]6[C@@H]7CC[C@H]([C@H](C)CCCC(C)C)[C@@]7(C)CC[C@@H]65)C4)nn3)c(OC)c2)ccc1O. The number of phenolic OH excluding ortho intramolecular Hbond substituents is 1. The number of hydrogen-bond acceptors (Lipinski definition) is 12. The van der Waals surface area contributed by atoms with Gasteiger partial charge in [0.25, 0.3) is 0 Å². The number of benzene rings is 2. The van der Waals surface area contributed by atoms with E-state index in [1.807, 2.05) is 6.20 Å². The van der Waals surface area contributed by atoms with Gasteiger partial charge in [0.05, 0.1) is 20.4 Å². The lowest BCUT2D eigenvalue weighted by Crippen LogP contribution is -2.51. The van der Waals surface area contributed by atoms with E-state index >= 15 is 0 Å². The van der Waals surface area contributed by atoms with Crippen LogP contribution in [-0.2, 0) is 32.3 Å². The number of aryl methyl sites for hydroxylation is 1. The first-order valence-corrected chi connectivity index (χ1v) is 29.0. The van der Waals surface area contributed by atoms with E-state index in [-0.39, 0.29) is 48.9 Å². The molecule has 0 saturated heterocycles. The van der Waals surface area contributed by atoms with Crippen molar-refractivity contribution in [1.82, 2.24) is 30.9 Å². The number of carbonyl (C=O) groups is 3. The fourth-order valence-corrected chi connectivity index (χ4v) is 13.6. The minimum atomic E-state index is -0.424. The lowest BCUT2D eigenvalue weighted by Gasteiger charge is -2.58. The molecular formula is C63H90N6O9. The van der Waals surface area contributed by atoms with Crippen LogP contribution in [0.1, 0.15) is 148 Å². The molecule has 7 rings (SSSR count). The van der Waals surface area contributed by atoms with Gasteiger partial charge in [0.15, 0.2) is 28.8 Å². The van der Waals surface area contributed by atoms with Crippen LogP contribution < -0.4 is 30.2 Å². The highest BCUT2D eigenvalue weighted by molar-refractivity contribution is 6.02. The van der Waals surface area contributed by atoms with Crippen molar-refractivity contribution in [2.45, 2.75) is 150 Å². The zero-order valence-electron chi connectivity index (χ0n) is 47.7. The number of aliphatic hydroxyl groups is 1. The van der Waals surface area contributed by atoms with Crippen molar-refractivity contribution in [3.63, 3.8) is 0 Å². The molecule has 15 heteroatoms. The highest BCUT2D eigenvalue weighted by atomic mass is 16.5. The molecule has 3 saturated carbocycles. The summed E-state index contributed by atoms with van der Waals surface area (Å²) in [4.78, 5) is 37.2. The molecule has 15 nitrogen and oxygen atoms in total. The molecule has 3 fully saturated rings. The van der Waals surface area contributed by atoms with E-state index in [0.717, 1.165) is 73.8 Å². The number of ether oxygens (including phenoxy) is 4. The summed E-state index contributed by atoms with van der Waals surface area (Å²) < 4.78 is 23.7. The molecule has 426 valence electrons. The predicted molar refractivity (Wildman–Crippen MR) is 306 cm³/mol. The standard InChI is InChI=1S/C63H90N6O9/c1-43(2)13-12-14-44(3)53-23-24-54-52-22-19-47-37-48(27-29-62(47,4)55(52)28-30-63(53,54)5)64-31-8-9-32-65-60(73)41-77-42-61(74)66-33-10-11-34-69-39-49(67-68-69)40-78-57-26-18-46(36-59(57)76-7)16-21-51(71)38-50(70)20-15-45-17-25-56(72)58(35-45)75-6/h15-21,25-26,35-36,38-39,43-44,48,52-55,64,71-72H,8-14,22-24,27-34,37,40-42H2,1-7H3,(H,65,73)(H,66,74)/b20-15+,21-16+,51-38-/t44-,48+,52+,53-,54+,55+,62+,63-/m1/s1. The number of methoxy groups -OCH3 is 2. The molecule has 0 bridgehead atoms. The molecule has 0 radical (unpaired) electrons. The molecule has 1 aromatic heterocycles. The maximum atomic E-state index is 12.4. The van der Waals surface area contributed by atoms with E-state index in [1.54, 1.807) is 52.7 Å². The Balaban J connectivity index is 0.699. The first-order chi connectivity index (χ1) is 37.6. The van der Waals surface area contributed by atoms with Crippen LogP contribution in [0.5, 0.6) is 23.0 Å². The Morgan fingerprint density at radius 2 is 1.51 bits per heavy atom. The van der Waals surface area contributed by atoms with E-state index in [4.69, 9.17) is 18.9 Å². The number of phenols is 1. The molecule has 0 spiro atoms. The predicted octanol–water partition coefficient (Wildman–Crippen LogP) is 11.1. The Labute approximate surface area is 464 Å². The van der Waals surface area contributed by atoms with Gasteiger partial charge in [0.1, 0.15) is 31.3 Å². The number of amides is 2. The van der Waals surface area contributed by atoms with E-state index in [9.17, 15) is 24.6 Å². The van der Waals surface area contributed by atoms with Gasteiger partial charge in [-0.15, -0.1) is 5.10 Å². The number of ketones is 1. The van der Waals surface area contributed by atoms with Crippen LogP contribution >= 0.6 is 0 Å². The van der Waals surface area contributed by atoms with Gasteiger partial charge in [-0.3, -0.25) is 19.1 Å². The molecule has 8 atom stereocenters. The molecule has 5 N–H and O–H groups in total. The third-order valence-electron chi connectivity index (χ3n) is 17.8. The quantitative estimate of drug-likeness (QED) is 0.0140. The molecule has 4 aliphatic carbocycles. The summed E-state index contributed by atoms with van der Waals surface area (Å²) in [6.07, 6.45) is 29.8. The Hall–Kier alpha value is -5.93. The van der Waals surface area contributed by atoms with E-state index in [1.165, 1.54) is 103 Å². The smallest absolute Gasteiger partial charge is 0.246 e. The fraction of sp³-hybridized carbons (Fsp3) is 0.603. The van der Waals surface area contributed by atoms with E-state index in [2.05, 4.69) is 67.0 Å². The third kappa shape index (κ3) is 16.3. The first-order valence-electron chi connectivity index (χ1n) is 29.0. The largest absolute Gasteiger partial charge is 0.508 e. The maximum absolute atomic E-state index is 12.4. The number of hydrogen-bond donors (Lipinski definition) is 5. The van der Waals surface area contributed by atoms with Gasteiger partial charge in [-0.2, -0.15) is 0 Å². The van der Waals surface area contributed by atoms with Gasteiger partial charge >= 0.3 is 0 Å². The summed E-state index contributed by atoms with van der Waals surface area (Å²) in [7, 11) is 2.97. The molecule has 2 amide bonds. The number of unbranched alkanes of at least 4 members (excludes halogenated alkanes) is 2. The van der Waals surface area contributed by atoms with Gasteiger partial charge in [-0.1, -0.05) is 95.0 Å². The maximum Gasteiger partial charge on any atom is 0.246 e. The number of nitrogens with zero attached hydrogens (tertiary/aromatic N) is 3. The summed E-state index contributed by atoms with van der Waals surface area (Å²) in [5.74, 6) is 5.30. The number of nitrogens with one attached hydrogen (secondary N) is 3. The van der Waals surface area contributed by atoms with Crippen molar-refractivity contribution in [3.8, 4) is 23.0 Å². The zero-order valence-corrected chi connectivity index (χ0v) is 47.7. The summed E-state index contributed by atoms with van der Waals surface area (Å²) >= 11 is 0. The van der Waals surface area contributed by atoms with Crippen molar-refractivity contribution in [3.05, 3.63) is 95.1 Å². The third-order valence-corrected chi connectivity index (χ3v) is 17.8. The van der Waals surface area contributed by atoms with Crippen LogP contribution in [0, 0.1) is 46.3 Å². The van der Waals surface area contributed by atoms with Gasteiger partial charge < -0.3 is 45.1 Å². The second kappa shape index (κ2) is 28.8. The van der Waals surface area contributed by atoms with Gasteiger partial charge in [0.2, 0.25) is 11.8 Å². The summed E-state index contributed by atoms with van der Waals surface area (Å²) in [6.45, 7) is 15.1. The van der Waals surface area contributed by atoms with Crippen molar-refractivity contribution >= 4 is 29.7 Å². The van der Waals surface area contributed by atoms with Gasteiger partial charge in [-0.25, -0.2) is 0 Å². The Kier molecular flexibility index (Phi) is 22.1. The monoisotopic (exact) mass is 1070 g/mol. The van der Waals surface area contributed by atoms with Crippen molar-refractivity contribution in [2.24, 2.45) is 46.3 Å². The van der Waals surface area contributed by atoms with Gasteiger partial charge in [0, 0.05) is 31.8 Å². The first kappa shape index (κ1) is 59.7. The molecule has 0 unspecified atom stereocenters. The topological polar surface area (TPSA) is 195 Å². The molecule has 78 heavy (non-hydrogen) atoms. The normalized spacial score (nSPS) is 24.3. The number of aliphatic hydroxyl groups excluding tert-OH is 1. The summed E-state index contributed by atoms with van der Waals surface area (Å²) in [5, 5.41) is 38.2. The number of rotatable bonds is 30. The lowest BCUT2D eigenvalue weighted by atomic mass is 9.47. The number of allylic oxidation sites excluding steroid dienone is 4. The number of carbonyl (C=O) groups excluding carboxylic acids is 3. The average molecular weight is 1080 g/mol. The number of fused-ring (bicyclic) bond motifs is 5. The van der Waals surface area contributed by atoms with Crippen LogP contribution in [0.4, 0.5) is 0 Å². The Morgan fingerprint density at radius 1 is 0.808 bits per heavy atom. The Morgan fingerprint density at radius 3 is 2.26 bits per heavy atom. The second-order valence-electron chi connectivity index (χ2n) is 23.5. The highest BCUT2D eigenvalue weighted by Crippen LogP contribution is 2.67. The Bertz CT molecular complexity index is 2590. The van der Waals surface area contributed by atoms with E-state index < -0.39 is 5.78 Å². The average Bonchev–Trinajstić information content (AvgIpc) is 4.22. The second-order valence-corrected chi connectivity index (χ2v) is 23.5. The van der Waals surface area contributed by atoms with Crippen LogP contribution in [0.25, 0.3) is 12.2 Å². The molecule has 3 aromatic rings. The number of aromatic hydroxyl groups is 1. The van der Waals surface area contributed by atoms with Crippen molar-refractivity contribution in [1.29, 1.82) is 0 Å². The van der Waals surface area contributed by atoms with E-state index in [0.29, 0.717) is 64.8 Å². The van der Waals surface area contributed by atoms with Crippen LogP contribution in [0.2, 0.25) is 0 Å². The molecular weight excluding hydrogens is 985 g/mol. The summed E-state index contributed by atoms with van der Waals surface area (Å²) in [5.41, 5.74) is 4.62. The number of aromatic nitrogens is 3. The van der Waals surface area contributed by atoms with Gasteiger partial charge in [-0.05, 0) is 177 Å². The summed E-state index contributed by atoms with van der Waals surface area (Å²) in [6, 6.07) is 10.5. The lowest BCUT2D eigenvalue weighted by molar-refractivity contribution is -0.131. The molecule has 0 aliphatic heterocycles. The fourth-order valence-electron chi connectivity index (χ4n) is 13.6.